The van der Waals surface area contributed by atoms with Gasteiger partial charge in [0.25, 0.3) is 5.91 Å². The molecule has 0 unspecified atom stereocenters. The molecule has 0 heterocycles. The molecule has 0 aliphatic carbocycles. The molecule has 0 bridgehead atoms. The third-order valence-corrected chi connectivity index (χ3v) is 4.83. The van der Waals surface area contributed by atoms with Crippen LogP contribution in [0.1, 0.15) is 32.8 Å². The van der Waals surface area contributed by atoms with Crippen molar-refractivity contribution in [2.24, 2.45) is 0 Å². The first-order chi connectivity index (χ1) is 13.8. The molecule has 2 aromatic rings. The maximum absolute atomic E-state index is 13.2. The summed E-state index contributed by atoms with van der Waals surface area (Å²) >= 11 is 5.94. The molecule has 2 aromatic carbocycles. The van der Waals surface area contributed by atoms with Crippen LogP contribution in [0.3, 0.4) is 0 Å². The molecular formula is C22H26ClFN2O3. The Morgan fingerprint density at radius 1 is 1.17 bits per heavy atom. The van der Waals surface area contributed by atoms with Gasteiger partial charge in [-0.15, -0.1) is 0 Å². The predicted molar refractivity (Wildman–Crippen MR) is 111 cm³/mol. The van der Waals surface area contributed by atoms with Crippen LogP contribution in [0.25, 0.3) is 0 Å². The number of hydrogen-bond acceptors (Lipinski definition) is 3. The Morgan fingerprint density at radius 2 is 1.86 bits per heavy atom. The molecule has 156 valence electrons. The highest BCUT2D eigenvalue weighted by Gasteiger charge is 2.27. The summed E-state index contributed by atoms with van der Waals surface area (Å²) in [5.74, 6) is -0.513. The number of amides is 2. The number of halogens is 2. The second-order valence-corrected chi connectivity index (χ2v) is 7.32. The summed E-state index contributed by atoms with van der Waals surface area (Å²) in [4.78, 5) is 26.9. The molecule has 2 amide bonds. The van der Waals surface area contributed by atoms with Gasteiger partial charge < -0.3 is 15.0 Å². The van der Waals surface area contributed by atoms with Gasteiger partial charge >= 0.3 is 0 Å². The van der Waals surface area contributed by atoms with Gasteiger partial charge in [-0.25, -0.2) is 4.39 Å². The first-order valence-corrected chi connectivity index (χ1v) is 9.90. The first-order valence-electron chi connectivity index (χ1n) is 9.52. The highest BCUT2D eigenvalue weighted by atomic mass is 35.5. The van der Waals surface area contributed by atoms with E-state index in [1.54, 1.807) is 43.3 Å². The SMILES string of the molecule is CC[C@@H](C)NC(=O)[C@@H](C)N(Cc1ccc(F)cc1)C(=O)COc1cccc(Cl)c1. The predicted octanol–water partition coefficient (Wildman–Crippen LogP) is 4.19. The van der Waals surface area contributed by atoms with Crippen molar-refractivity contribution in [2.45, 2.75) is 45.8 Å². The molecule has 0 fully saturated rings. The van der Waals surface area contributed by atoms with Crippen molar-refractivity contribution in [3.05, 3.63) is 64.9 Å². The fraction of sp³-hybridized carbons (Fsp3) is 0.364. The molecule has 2 rings (SSSR count). The van der Waals surface area contributed by atoms with Crippen molar-refractivity contribution in [3.8, 4) is 5.75 Å². The van der Waals surface area contributed by atoms with Crippen molar-refractivity contribution in [1.29, 1.82) is 0 Å². The highest BCUT2D eigenvalue weighted by Crippen LogP contribution is 2.18. The van der Waals surface area contributed by atoms with Crippen LogP contribution in [0.4, 0.5) is 4.39 Å². The van der Waals surface area contributed by atoms with Crippen LogP contribution in [0.5, 0.6) is 5.75 Å². The van der Waals surface area contributed by atoms with E-state index >= 15 is 0 Å². The van der Waals surface area contributed by atoms with E-state index < -0.39 is 6.04 Å². The molecule has 1 N–H and O–H groups in total. The van der Waals surface area contributed by atoms with Crippen molar-refractivity contribution < 1.29 is 18.7 Å². The Hall–Kier alpha value is -2.60. The second kappa shape index (κ2) is 10.8. The van der Waals surface area contributed by atoms with Crippen LogP contribution < -0.4 is 10.1 Å². The molecule has 0 aliphatic heterocycles. The summed E-state index contributed by atoms with van der Waals surface area (Å²) in [6.45, 7) is 5.45. The molecular weight excluding hydrogens is 395 g/mol. The Morgan fingerprint density at radius 3 is 2.48 bits per heavy atom. The first kappa shape index (κ1) is 22.7. The fourth-order valence-electron chi connectivity index (χ4n) is 2.62. The number of rotatable bonds is 9. The monoisotopic (exact) mass is 420 g/mol. The summed E-state index contributed by atoms with van der Waals surface area (Å²) in [6.07, 6.45) is 0.780. The van der Waals surface area contributed by atoms with Crippen LogP contribution in [-0.2, 0) is 16.1 Å². The van der Waals surface area contributed by atoms with Crippen LogP contribution in [0.15, 0.2) is 48.5 Å². The summed E-state index contributed by atoms with van der Waals surface area (Å²) < 4.78 is 18.8. The van der Waals surface area contributed by atoms with Gasteiger partial charge in [-0.3, -0.25) is 9.59 Å². The van der Waals surface area contributed by atoms with E-state index in [1.165, 1.54) is 17.0 Å². The fourth-order valence-corrected chi connectivity index (χ4v) is 2.80. The van der Waals surface area contributed by atoms with E-state index in [4.69, 9.17) is 16.3 Å². The van der Waals surface area contributed by atoms with Gasteiger partial charge in [0.2, 0.25) is 5.91 Å². The Bertz CT molecular complexity index is 829. The summed E-state index contributed by atoms with van der Waals surface area (Å²) in [6, 6.07) is 11.8. The van der Waals surface area contributed by atoms with Gasteiger partial charge in [0.05, 0.1) is 0 Å². The smallest absolute Gasteiger partial charge is 0.261 e. The van der Waals surface area contributed by atoms with E-state index in [9.17, 15) is 14.0 Å². The normalized spacial score (nSPS) is 12.7. The number of nitrogens with one attached hydrogen (secondary N) is 1. The standard InChI is InChI=1S/C22H26ClFN2O3/c1-4-15(2)25-22(28)16(3)26(13-17-8-10-19(24)11-9-17)21(27)14-29-20-7-5-6-18(23)12-20/h5-12,15-16H,4,13-14H2,1-3H3,(H,25,28)/t15-,16-/m1/s1. The number of carbonyl (C=O) groups is 2. The maximum Gasteiger partial charge on any atom is 0.261 e. The third kappa shape index (κ3) is 7.06. The molecule has 5 nitrogen and oxygen atoms in total. The van der Waals surface area contributed by atoms with Crippen molar-refractivity contribution in [2.75, 3.05) is 6.61 Å². The maximum atomic E-state index is 13.2. The molecule has 0 spiro atoms. The van der Waals surface area contributed by atoms with E-state index in [2.05, 4.69) is 5.32 Å². The Labute approximate surface area is 175 Å². The minimum absolute atomic E-state index is 0.00423. The van der Waals surface area contributed by atoms with Gasteiger partial charge in [-0.1, -0.05) is 36.7 Å². The minimum Gasteiger partial charge on any atom is -0.484 e. The average Bonchev–Trinajstić information content (AvgIpc) is 2.71. The largest absolute Gasteiger partial charge is 0.484 e. The van der Waals surface area contributed by atoms with Gasteiger partial charge in [-0.05, 0) is 56.2 Å². The van der Waals surface area contributed by atoms with E-state index in [-0.39, 0.29) is 36.8 Å². The lowest BCUT2D eigenvalue weighted by Crippen LogP contribution is -2.50. The lowest BCUT2D eigenvalue weighted by atomic mass is 10.1. The number of hydrogen-bond donors (Lipinski definition) is 1. The van der Waals surface area contributed by atoms with Gasteiger partial charge in [0.15, 0.2) is 6.61 Å². The Balaban J connectivity index is 2.14. The van der Waals surface area contributed by atoms with E-state index in [1.807, 2.05) is 13.8 Å². The number of ether oxygens (including phenoxy) is 1. The number of carbonyl (C=O) groups excluding carboxylic acids is 2. The minimum atomic E-state index is -0.718. The highest BCUT2D eigenvalue weighted by molar-refractivity contribution is 6.30. The lowest BCUT2D eigenvalue weighted by molar-refractivity contribution is -0.142. The van der Waals surface area contributed by atoms with E-state index in [0.29, 0.717) is 16.3 Å². The van der Waals surface area contributed by atoms with Gasteiger partial charge in [-0.2, -0.15) is 0 Å². The molecule has 0 aliphatic rings. The summed E-state index contributed by atoms with van der Waals surface area (Å²) in [5.41, 5.74) is 0.714. The quantitative estimate of drug-likeness (QED) is 0.661. The average molecular weight is 421 g/mol. The van der Waals surface area contributed by atoms with Crippen LogP contribution in [-0.4, -0.2) is 35.4 Å². The lowest BCUT2D eigenvalue weighted by Gasteiger charge is -2.29. The van der Waals surface area contributed by atoms with Crippen molar-refractivity contribution in [3.63, 3.8) is 0 Å². The molecule has 0 saturated carbocycles. The molecule has 7 heteroatoms. The van der Waals surface area contributed by atoms with Crippen LogP contribution in [0.2, 0.25) is 5.02 Å². The summed E-state index contributed by atoms with van der Waals surface area (Å²) in [7, 11) is 0. The zero-order valence-electron chi connectivity index (χ0n) is 16.8. The zero-order valence-corrected chi connectivity index (χ0v) is 17.6. The summed E-state index contributed by atoms with van der Waals surface area (Å²) in [5, 5.41) is 3.39. The van der Waals surface area contributed by atoms with Crippen LogP contribution >= 0.6 is 11.6 Å². The van der Waals surface area contributed by atoms with Gasteiger partial charge in [0.1, 0.15) is 17.6 Å². The molecule has 0 saturated heterocycles. The molecule has 0 radical (unpaired) electrons. The molecule has 0 aromatic heterocycles. The van der Waals surface area contributed by atoms with Crippen molar-refractivity contribution >= 4 is 23.4 Å². The molecule has 2 atom stereocenters. The zero-order chi connectivity index (χ0) is 21.4. The van der Waals surface area contributed by atoms with E-state index in [0.717, 1.165) is 6.42 Å². The van der Waals surface area contributed by atoms with Crippen LogP contribution in [0, 0.1) is 5.82 Å². The van der Waals surface area contributed by atoms with Gasteiger partial charge in [0, 0.05) is 17.6 Å². The topological polar surface area (TPSA) is 58.6 Å². The van der Waals surface area contributed by atoms with Crippen molar-refractivity contribution in [1.82, 2.24) is 10.2 Å². The second-order valence-electron chi connectivity index (χ2n) is 6.89. The number of nitrogens with zero attached hydrogens (tertiary/aromatic N) is 1. The molecule has 29 heavy (non-hydrogen) atoms. The Kier molecular flexibility index (Phi) is 8.46. The number of benzene rings is 2. The third-order valence-electron chi connectivity index (χ3n) is 4.59.